The van der Waals surface area contributed by atoms with E-state index in [0.717, 1.165) is 54.5 Å². The normalized spacial score (nSPS) is 19.7. The van der Waals surface area contributed by atoms with Gasteiger partial charge in [0, 0.05) is 56.1 Å². The lowest BCUT2D eigenvalue weighted by molar-refractivity contribution is -0.275. The first-order valence-electron chi connectivity index (χ1n) is 14.4. The van der Waals surface area contributed by atoms with Crippen LogP contribution in [-0.4, -0.2) is 74.8 Å². The quantitative estimate of drug-likeness (QED) is 0.315. The van der Waals surface area contributed by atoms with Crippen molar-refractivity contribution >= 4 is 54.5 Å². The number of fused-ring (bicyclic) bond motifs is 1. The van der Waals surface area contributed by atoms with Gasteiger partial charge in [0.1, 0.15) is 10.7 Å². The summed E-state index contributed by atoms with van der Waals surface area (Å²) in [5.74, 6) is 1.05. The number of hydrogen-bond donors (Lipinski definition) is 2. The Morgan fingerprint density at radius 3 is 2.32 bits per heavy atom. The molecule has 1 aromatic heterocycles. The van der Waals surface area contributed by atoms with Crippen molar-refractivity contribution in [2.24, 2.45) is 11.8 Å². The Bertz CT molecular complexity index is 1590. The maximum atomic E-state index is 12.9. The predicted octanol–water partition coefficient (Wildman–Crippen LogP) is 5.16. The van der Waals surface area contributed by atoms with E-state index in [1.807, 2.05) is 29.2 Å². The number of nitrogens with zero attached hydrogens (tertiary/aromatic N) is 4. The fraction of sp³-hybridized carbons (Fsp3) is 0.483. The number of amides is 1. The molecule has 3 aromatic rings. The summed E-state index contributed by atoms with van der Waals surface area (Å²) in [6, 6.07) is 11.3. The first kappa shape index (κ1) is 32.2. The highest BCUT2D eigenvalue weighted by Crippen LogP contribution is 2.34. The number of carbonyl (C=O) groups excluding carboxylic acids is 1. The third kappa shape index (κ3) is 8.10. The topological polar surface area (TPSA) is 117 Å². The Kier molecular flexibility index (Phi) is 9.85. The molecule has 2 aliphatic rings. The average Bonchev–Trinajstić information content (AvgIpc) is 2.98. The van der Waals surface area contributed by atoms with Gasteiger partial charge in [0.15, 0.2) is 5.75 Å². The molecule has 0 atom stereocenters. The second-order valence-corrected chi connectivity index (χ2v) is 13.8. The van der Waals surface area contributed by atoms with E-state index in [1.54, 1.807) is 6.92 Å². The van der Waals surface area contributed by atoms with Gasteiger partial charge >= 0.3 is 6.36 Å². The van der Waals surface area contributed by atoms with Crippen LogP contribution in [0.25, 0.3) is 10.9 Å². The summed E-state index contributed by atoms with van der Waals surface area (Å²) in [5.41, 5.74) is 0.833. The maximum absolute atomic E-state index is 12.9. The standard InChI is InChI=1S/C29H34BrF3N6O4S/c1-19(40)38-12-14-39(15-13-38)27-23-4-2-3-5-24(23)36-28(37-27)34-17-20-6-8-21(9-7-20)18-35-44(41,42)26-11-10-22(30)16-25(26)43-29(31,32)33/h2-5,10-11,16,20-21,35H,6-9,12-15,17-18H2,1H3,(H,34,36,37). The molecule has 2 aromatic carbocycles. The van der Waals surface area contributed by atoms with Crippen LogP contribution in [0.1, 0.15) is 32.6 Å². The van der Waals surface area contributed by atoms with Gasteiger partial charge in [0.05, 0.1) is 5.52 Å². The molecule has 44 heavy (non-hydrogen) atoms. The number of carbonyl (C=O) groups is 1. The minimum atomic E-state index is -5.03. The van der Waals surface area contributed by atoms with Crippen LogP contribution in [0.3, 0.4) is 0 Å². The second kappa shape index (κ2) is 13.4. The number of anilines is 2. The van der Waals surface area contributed by atoms with E-state index in [9.17, 15) is 26.4 Å². The van der Waals surface area contributed by atoms with Crippen LogP contribution in [0.4, 0.5) is 24.9 Å². The number of halogens is 4. The van der Waals surface area contributed by atoms with Gasteiger partial charge in [-0.2, -0.15) is 4.98 Å². The van der Waals surface area contributed by atoms with E-state index in [4.69, 9.17) is 9.97 Å². The number of para-hydroxylation sites is 1. The molecule has 2 N–H and O–H groups in total. The van der Waals surface area contributed by atoms with Crippen LogP contribution in [-0.2, 0) is 14.8 Å². The third-order valence-corrected chi connectivity index (χ3v) is 10.1. The Labute approximate surface area is 262 Å². The van der Waals surface area contributed by atoms with Gasteiger partial charge in [-0.05, 0) is 67.9 Å². The van der Waals surface area contributed by atoms with Crippen LogP contribution in [0.5, 0.6) is 5.75 Å². The molecular weight excluding hydrogens is 665 g/mol. The summed E-state index contributed by atoms with van der Waals surface area (Å²) in [5, 5.41) is 4.36. The number of benzene rings is 2. The van der Waals surface area contributed by atoms with E-state index in [-0.39, 0.29) is 22.8 Å². The highest BCUT2D eigenvalue weighted by Gasteiger charge is 2.34. The molecule has 238 valence electrons. The minimum absolute atomic E-state index is 0.0562. The second-order valence-electron chi connectivity index (χ2n) is 11.1. The van der Waals surface area contributed by atoms with E-state index in [0.29, 0.717) is 44.6 Å². The first-order chi connectivity index (χ1) is 20.9. The van der Waals surface area contributed by atoms with E-state index < -0.39 is 27.0 Å². The van der Waals surface area contributed by atoms with Crippen molar-refractivity contribution in [1.29, 1.82) is 0 Å². The largest absolute Gasteiger partial charge is 0.573 e. The Morgan fingerprint density at radius 1 is 1.00 bits per heavy atom. The lowest BCUT2D eigenvalue weighted by Gasteiger charge is -2.35. The van der Waals surface area contributed by atoms with Gasteiger partial charge in [0.2, 0.25) is 21.9 Å². The summed E-state index contributed by atoms with van der Waals surface area (Å²) in [4.78, 5) is 24.8. The molecule has 2 fully saturated rings. The van der Waals surface area contributed by atoms with Crippen LogP contribution in [0.15, 0.2) is 51.8 Å². The lowest BCUT2D eigenvalue weighted by Crippen LogP contribution is -2.48. The van der Waals surface area contributed by atoms with Crippen LogP contribution >= 0.6 is 15.9 Å². The van der Waals surface area contributed by atoms with Gasteiger partial charge in [0.25, 0.3) is 0 Å². The Balaban J connectivity index is 1.16. The highest BCUT2D eigenvalue weighted by molar-refractivity contribution is 9.10. The summed E-state index contributed by atoms with van der Waals surface area (Å²) in [6.07, 6.45) is -1.78. The Hall–Kier alpha value is -3.17. The number of piperazine rings is 1. The lowest BCUT2D eigenvalue weighted by atomic mass is 9.82. The molecule has 2 heterocycles. The molecule has 15 heteroatoms. The number of alkyl halides is 3. The molecule has 10 nitrogen and oxygen atoms in total. The van der Waals surface area contributed by atoms with Gasteiger partial charge in [-0.1, -0.05) is 28.1 Å². The molecule has 1 saturated carbocycles. The summed E-state index contributed by atoms with van der Waals surface area (Å²) in [6.45, 7) is 5.02. The smallest absolute Gasteiger partial charge is 0.404 e. The molecule has 0 spiro atoms. The fourth-order valence-corrected chi connectivity index (χ4v) is 7.27. The molecule has 1 saturated heterocycles. The van der Waals surface area contributed by atoms with Crippen molar-refractivity contribution in [3.63, 3.8) is 0 Å². The van der Waals surface area contributed by atoms with Crippen molar-refractivity contribution in [3.05, 3.63) is 46.9 Å². The van der Waals surface area contributed by atoms with Gasteiger partial charge in [-0.15, -0.1) is 13.2 Å². The zero-order chi connectivity index (χ0) is 31.5. The highest BCUT2D eigenvalue weighted by atomic mass is 79.9. The zero-order valence-corrected chi connectivity index (χ0v) is 26.5. The zero-order valence-electron chi connectivity index (χ0n) is 24.1. The fourth-order valence-electron chi connectivity index (χ4n) is 5.70. The number of sulfonamides is 1. The average molecular weight is 700 g/mol. The SMILES string of the molecule is CC(=O)N1CCN(c2nc(NCC3CCC(CNS(=O)(=O)c4ccc(Br)cc4OC(F)(F)F)CC3)nc3ccccc23)CC1. The molecule has 1 aliphatic heterocycles. The monoisotopic (exact) mass is 698 g/mol. The number of ether oxygens (including phenoxy) is 1. The summed E-state index contributed by atoms with van der Waals surface area (Å²) >= 11 is 3.05. The first-order valence-corrected chi connectivity index (χ1v) is 16.7. The van der Waals surface area contributed by atoms with Crippen LogP contribution in [0.2, 0.25) is 0 Å². The van der Waals surface area contributed by atoms with Gasteiger partial charge in [-0.3, -0.25) is 4.79 Å². The van der Waals surface area contributed by atoms with Crippen LogP contribution in [0, 0.1) is 11.8 Å². The van der Waals surface area contributed by atoms with Crippen molar-refractivity contribution in [1.82, 2.24) is 19.6 Å². The maximum Gasteiger partial charge on any atom is 0.573 e. The van der Waals surface area contributed by atoms with E-state index in [1.165, 1.54) is 6.07 Å². The molecule has 1 aliphatic carbocycles. The molecule has 0 unspecified atom stereocenters. The number of aromatic nitrogens is 2. The van der Waals surface area contributed by atoms with Crippen molar-refractivity contribution in [2.75, 3.05) is 49.5 Å². The predicted molar refractivity (Wildman–Crippen MR) is 164 cm³/mol. The van der Waals surface area contributed by atoms with Crippen molar-refractivity contribution in [2.45, 2.75) is 43.9 Å². The van der Waals surface area contributed by atoms with Gasteiger partial charge < -0.3 is 19.9 Å². The number of rotatable bonds is 9. The van der Waals surface area contributed by atoms with E-state index in [2.05, 4.69) is 35.6 Å². The molecule has 5 rings (SSSR count). The third-order valence-electron chi connectivity index (χ3n) is 8.11. The minimum Gasteiger partial charge on any atom is -0.404 e. The summed E-state index contributed by atoms with van der Waals surface area (Å²) < 4.78 is 71.0. The van der Waals surface area contributed by atoms with Gasteiger partial charge in [-0.25, -0.2) is 18.1 Å². The molecular formula is C29H34BrF3N6O4S. The molecule has 0 radical (unpaired) electrons. The molecule has 1 amide bonds. The van der Waals surface area contributed by atoms with E-state index >= 15 is 0 Å². The molecule has 0 bridgehead atoms. The Morgan fingerprint density at radius 2 is 1.66 bits per heavy atom. The van der Waals surface area contributed by atoms with Crippen molar-refractivity contribution in [3.8, 4) is 5.75 Å². The van der Waals surface area contributed by atoms with Crippen LogP contribution < -0.4 is 19.7 Å². The van der Waals surface area contributed by atoms with Crippen molar-refractivity contribution < 1.29 is 31.1 Å². The number of nitrogens with one attached hydrogen (secondary N) is 2. The summed E-state index contributed by atoms with van der Waals surface area (Å²) in [7, 11) is -4.23. The number of hydrogen-bond acceptors (Lipinski definition) is 8.